The molecular formula is C18H14ClFO. The Bertz CT molecular complexity index is 813. The van der Waals surface area contributed by atoms with Crippen LogP contribution < -0.4 is 0 Å². The normalized spacial score (nSPS) is 12.6. The van der Waals surface area contributed by atoms with E-state index in [1.807, 2.05) is 30.3 Å². The van der Waals surface area contributed by atoms with Crippen LogP contribution in [0.25, 0.3) is 10.8 Å². The molecule has 3 aromatic rings. The average molecular weight is 301 g/mol. The lowest BCUT2D eigenvalue weighted by molar-refractivity contribution is 0.221. The Morgan fingerprint density at radius 1 is 1.00 bits per heavy atom. The highest BCUT2D eigenvalue weighted by molar-refractivity contribution is 6.35. The fraction of sp³-hybridized carbons (Fsp3) is 0.111. The van der Waals surface area contributed by atoms with Crippen molar-refractivity contribution in [2.24, 2.45) is 0 Å². The van der Waals surface area contributed by atoms with Crippen molar-refractivity contribution in [1.29, 1.82) is 0 Å². The van der Waals surface area contributed by atoms with Gasteiger partial charge in [-0.2, -0.15) is 0 Å². The van der Waals surface area contributed by atoms with E-state index in [-0.39, 0.29) is 5.82 Å². The summed E-state index contributed by atoms with van der Waals surface area (Å²) < 4.78 is 13.4. The maximum absolute atomic E-state index is 13.4. The molecule has 1 N–H and O–H groups in total. The molecule has 3 heteroatoms. The molecule has 0 radical (unpaired) electrons. The molecule has 0 heterocycles. The van der Waals surface area contributed by atoms with Crippen molar-refractivity contribution in [2.45, 2.75) is 13.0 Å². The lowest BCUT2D eigenvalue weighted by Gasteiger charge is -2.15. The standard InChI is InChI=1S/C18H14ClFO/c1-11-10-12(6-9-17(11)20)18(21)15-7-8-16(19)14-5-3-2-4-13(14)15/h2-10,18,21H,1H3. The van der Waals surface area contributed by atoms with Gasteiger partial charge in [0.2, 0.25) is 0 Å². The van der Waals surface area contributed by atoms with Crippen LogP contribution in [0.2, 0.25) is 5.02 Å². The number of hydrogen-bond donors (Lipinski definition) is 1. The summed E-state index contributed by atoms with van der Waals surface area (Å²) in [5, 5.41) is 13.1. The molecule has 0 spiro atoms. The van der Waals surface area contributed by atoms with Crippen LogP contribution in [0.5, 0.6) is 0 Å². The molecule has 0 aromatic heterocycles. The van der Waals surface area contributed by atoms with E-state index in [0.29, 0.717) is 16.1 Å². The zero-order valence-corrected chi connectivity index (χ0v) is 12.2. The quantitative estimate of drug-likeness (QED) is 0.704. The second-order valence-electron chi connectivity index (χ2n) is 5.09. The first kappa shape index (κ1) is 14.1. The van der Waals surface area contributed by atoms with Gasteiger partial charge in [-0.1, -0.05) is 54.1 Å². The lowest BCUT2D eigenvalue weighted by Crippen LogP contribution is -2.01. The van der Waals surface area contributed by atoms with E-state index < -0.39 is 6.10 Å². The Kier molecular flexibility index (Phi) is 3.66. The Morgan fingerprint density at radius 3 is 2.43 bits per heavy atom. The molecule has 0 aliphatic carbocycles. The van der Waals surface area contributed by atoms with Gasteiger partial charge >= 0.3 is 0 Å². The number of fused-ring (bicyclic) bond motifs is 1. The molecule has 0 bridgehead atoms. The van der Waals surface area contributed by atoms with Crippen LogP contribution in [0.1, 0.15) is 22.8 Å². The summed E-state index contributed by atoms with van der Waals surface area (Å²) in [4.78, 5) is 0. The number of hydrogen-bond acceptors (Lipinski definition) is 1. The molecule has 0 aliphatic heterocycles. The molecule has 0 fully saturated rings. The summed E-state index contributed by atoms with van der Waals surface area (Å²) >= 11 is 6.19. The van der Waals surface area contributed by atoms with Crippen LogP contribution in [0.3, 0.4) is 0 Å². The van der Waals surface area contributed by atoms with Crippen molar-refractivity contribution in [3.63, 3.8) is 0 Å². The molecule has 1 unspecified atom stereocenters. The van der Waals surface area contributed by atoms with Crippen molar-refractivity contribution in [3.05, 3.63) is 82.1 Å². The Balaban J connectivity index is 2.15. The summed E-state index contributed by atoms with van der Waals surface area (Å²) in [6.45, 7) is 1.69. The van der Waals surface area contributed by atoms with Gasteiger partial charge in [-0.25, -0.2) is 4.39 Å². The summed E-state index contributed by atoms with van der Waals surface area (Å²) in [6.07, 6.45) is -0.813. The SMILES string of the molecule is Cc1cc(C(O)c2ccc(Cl)c3ccccc23)ccc1F. The number of rotatable bonds is 2. The predicted octanol–water partition coefficient (Wildman–Crippen LogP) is 5.02. The number of aliphatic hydroxyl groups is 1. The Morgan fingerprint density at radius 2 is 1.71 bits per heavy atom. The first-order valence-electron chi connectivity index (χ1n) is 6.69. The lowest BCUT2D eigenvalue weighted by atomic mass is 9.95. The van der Waals surface area contributed by atoms with Crippen LogP contribution in [0, 0.1) is 12.7 Å². The van der Waals surface area contributed by atoms with Crippen molar-refractivity contribution in [3.8, 4) is 0 Å². The number of benzene rings is 3. The highest BCUT2D eigenvalue weighted by atomic mass is 35.5. The minimum absolute atomic E-state index is 0.271. The minimum Gasteiger partial charge on any atom is -0.384 e. The van der Waals surface area contributed by atoms with Gasteiger partial charge in [-0.3, -0.25) is 0 Å². The summed E-state index contributed by atoms with van der Waals surface area (Å²) in [5.74, 6) is -0.271. The maximum atomic E-state index is 13.4. The fourth-order valence-electron chi connectivity index (χ4n) is 2.54. The Labute approximate surface area is 127 Å². The topological polar surface area (TPSA) is 20.2 Å². The number of halogens is 2. The van der Waals surface area contributed by atoms with E-state index in [9.17, 15) is 9.50 Å². The molecule has 21 heavy (non-hydrogen) atoms. The minimum atomic E-state index is -0.813. The highest BCUT2D eigenvalue weighted by Crippen LogP contribution is 2.33. The van der Waals surface area contributed by atoms with Gasteiger partial charge in [0, 0.05) is 10.4 Å². The van der Waals surface area contributed by atoms with Crippen LogP contribution in [0.4, 0.5) is 4.39 Å². The van der Waals surface area contributed by atoms with Crippen LogP contribution in [0.15, 0.2) is 54.6 Å². The summed E-state index contributed by atoms with van der Waals surface area (Å²) in [6, 6.07) is 15.9. The molecule has 3 aromatic carbocycles. The van der Waals surface area contributed by atoms with Crippen molar-refractivity contribution < 1.29 is 9.50 Å². The molecule has 106 valence electrons. The third-order valence-electron chi connectivity index (χ3n) is 3.70. The second kappa shape index (κ2) is 5.47. The van der Waals surface area contributed by atoms with Gasteiger partial charge in [0.1, 0.15) is 11.9 Å². The zero-order chi connectivity index (χ0) is 15.0. The first-order valence-corrected chi connectivity index (χ1v) is 7.07. The van der Waals surface area contributed by atoms with E-state index >= 15 is 0 Å². The third-order valence-corrected chi connectivity index (χ3v) is 4.03. The summed E-state index contributed by atoms with van der Waals surface area (Å²) in [5.41, 5.74) is 1.95. The van der Waals surface area contributed by atoms with Crippen molar-refractivity contribution in [2.75, 3.05) is 0 Å². The average Bonchev–Trinajstić information content (AvgIpc) is 2.50. The number of aliphatic hydroxyl groups excluding tert-OH is 1. The van der Waals surface area contributed by atoms with Gasteiger partial charge in [0.25, 0.3) is 0 Å². The second-order valence-corrected chi connectivity index (χ2v) is 5.50. The molecular weight excluding hydrogens is 287 g/mol. The molecule has 0 amide bonds. The monoisotopic (exact) mass is 300 g/mol. The molecule has 3 rings (SSSR count). The maximum Gasteiger partial charge on any atom is 0.126 e. The van der Waals surface area contributed by atoms with Crippen LogP contribution in [-0.4, -0.2) is 5.11 Å². The zero-order valence-electron chi connectivity index (χ0n) is 11.5. The van der Waals surface area contributed by atoms with E-state index in [1.54, 1.807) is 25.1 Å². The predicted molar refractivity (Wildman–Crippen MR) is 84.2 cm³/mol. The molecule has 0 saturated heterocycles. The van der Waals surface area contributed by atoms with Crippen LogP contribution >= 0.6 is 11.6 Å². The summed E-state index contributed by atoms with van der Waals surface area (Å²) in [7, 11) is 0. The third kappa shape index (κ3) is 2.53. The van der Waals surface area contributed by atoms with E-state index in [1.165, 1.54) is 6.07 Å². The van der Waals surface area contributed by atoms with Crippen molar-refractivity contribution in [1.82, 2.24) is 0 Å². The molecule has 1 nitrogen and oxygen atoms in total. The molecule has 0 saturated carbocycles. The smallest absolute Gasteiger partial charge is 0.126 e. The van der Waals surface area contributed by atoms with E-state index in [4.69, 9.17) is 11.6 Å². The van der Waals surface area contributed by atoms with E-state index in [0.717, 1.165) is 16.3 Å². The fourth-order valence-corrected chi connectivity index (χ4v) is 2.77. The largest absolute Gasteiger partial charge is 0.384 e. The van der Waals surface area contributed by atoms with Crippen LogP contribution in [-0.2, 0) is 0 Å². The van der Waals surface area contributed by atoms with Gasteiger partial charge in [-0.05, 0) is 41.1 Å². The molecule has 1 atom stereocenters. The van der Waals surface area contributed by atoms with Gasteiger partial charge in [0.05, 0.1) is 0 Å². The van der Waals surface area contributed by atoms with Gasteiger partial charge in [-0.15, -0.1) is 0 Å². The van der Waals surface area contributed by atoms with E-state index in [2.05, 4.69) is 0 Å². The van der Waals surface area contributed by atoms with Crippen molar-refractivity contribution >= 4 is 22.4 Å². The van der Waals surface area contributed by atoms with Gasteiger partial charge in [0.15, 0.2) is 0 Å². The molecule has 0 aliphatic rings. The number of aryl methyl sites for hydroxylation is 1. The first-order chi connectivity index (χ1) is 10.1. The van der Waals surface area contributed by atoms with Gasteiger partial charge < -0.3 is 5.11 Å². The Hall–Kier alpha value is -1.90. The highest BCUT2D eigenvalue weighted by Gasteiger charge is 2.15.